The quantitative estimate of drug-likeness (QED) is 0.495. The summed E-state index contributed by atoms with van der Waals surface area (Å²) < 4.78 is 0. The van der Waals surface area contributed by atoms with Gasteiger partial charge in [-0.15, -0.1) is 0 Å². The van der Waals surface area contributed by atoms with Crippen molar-refractivity contribution in [3.05, 3.63) is 33.8 Å². The molecule has 2 aliphatic rings. The summed E-state index contributed by atoms with van der Waals surface area (Å²) in [7, 11) is 0. The molecule has 2 saturated carbocycles. The Morgan fingerprint density at radius 2 is 1.65 bits per heavy atom. The summed E-state index contributed by atoms with van der Waals surface area (Å²) in [5.74, 6) is -1.98. The van der Waals surface area contributed by atoms with Crippen molar-refractivity contribution < 1.29 is 19.5 Å². The molecule has 0 aliphatic heterocycles. The zero-order chi connectivity index (χ0) is 22.4. The van der Waals surface area contributed by atoms with E-state index < -0.39 is 23.9 Å². The third kappa shape index (κ3) is 6.26. The molecule has 0 heterocycles. The molecule has 2 fully saturated rings. The van der Waals surface area contributed by atoms with Crippen molar-refractivity contribution in [1.82, 2.24) is 16.0 Å². The molecule has 9 heteroatoms. The molecule has 0 aromatic heterocycles. The lowest BCUT2D eigenvalue weighted by atomic mass is 9.64. The molecule has 31 heavy (non-hydrogen) atoms. The Bertz CT molecular complexity index is 797. The Hall–Kier alpha value is -1.99. The van der Waals surface area contributed by atoms with Gasteiger partial charge in [0.1, 0.15) is 6.04 Å². The van der Waals surface area contributed by atoms with E-state index in [1.807, 2.05) is 0 Å². The molecule has 7 nitrogen and oxygen atoms in total. The van der Waals surface area contributed by atoms with E-state index in [2.05, 4.69) is 16.0 Å². The van der Waals surface area contributed by atoms with Crippen molar-refractivity contribution in [1.29, 1.82) is 0 Å². The van der Waals surface area contributed by atoms with E-state index in [4.69, 9.17) is 23.2 Å². The number of carbonyl (C=O) groups excluding carboxylic acids is 2. The Labute approximate surface area is 192 Å². The summed E-state index contributed by atoms with van der Waals surface area (Å²) in [4.78, 5) is 36.3. The van der Waals surface area contributed by atoms with Crippen molar-refractivity contribution in [2.75, 3.05) is 6.54 Å². The summed E-state index contributed by atoms with van der Waals surface area (Å²) in [5, 5.41) is 17.5. The molecule has 3 amide bonds. The first-order chi connectivity index (χ1) is 14.8. The molecule has 1 aromatic rings. The number of rotatable bonds is 6. The van der Waals surface area contributed by atoms with E-state index in [0.717, 1.165) is 25.7 Å². The smallest absolute Gasteiger partial charge is 0.328 e. The molecular formula is C22H29Cl2N3O4. The van der Waals surface area contributed by atoms with Crippen molar-refractivity contribution in [3.63, 3.8) is 0 Å². The lowest BCUT2D eigenvalue weighted by Gasteiger charge is -2.43. The third-order valence-corrected chi connectivity index (χ3v) is 7.19. The van der Waals surface area contributed by atoms with Crippen LogP contribution >= 0.6 is 23.2 Å². The maximum Gasteiger partial charge on any atom is 0.328 e. The van der Waals surface area contributed by atoms with Crippen LogP contribution in [-0.4, -0.2) is 41.6 Å². The summed E-state index contributed by atoms with van der Waals surface area (Å²) in [6.07, 6.45) is 10.7. The number of hydrogen-bond donors (Lipinski definition) is 4. The van der Waals surface area contributed by atoms with Gasteiger partial charge in [-0.25, -0.2) is 9.59 Å². The van der Waals surface area contributed by atoms with Crippen LogP contribution in [0.5, 0.6) is 0 Å². The number of hydrogen-bond acceptors (Lipinski definition) is 3. The van der Waals surface area contributed by atoms with Gasteiger partial charge >= 0.3 is 12.0 Å². The van der Waals surface area contributed by atoms with Crippen molar-refractivity contribution in [3.8, 4) is 0 Å². The lowest BCUT2D eigenvalue weighted by molar-refractivity contribution is -0.139. The summed E-state index contributed by atoms with van der Waals surface area (Å²) in [6, 6.07) is 2.91. The van der Waals surface area contributed by atoms with Gasteiger partial charge in [-0.2, -0.15) is 0 Å². The Balaban J connectivity index is 1.47. The van der Waals surface area contributed by atoms with Gasteiger partial charge in [0.15, 0.2) is 0 Å². The molecule has 4 N–H and O–H groups in total. The monoisotopic (exact) mass is 469 g/mol. The van der Waals surface area contributed by atoms with Crippen LogP contribution in [0.3, 0.4) is 0 Å². The Morgan fingerprint density at radius 1 is 1.03 bits per heavy atom. The molecule has 0 saturated heterocycles. The third-order valence-electron chi connectivity index (χ3n) is 6.56. The highest BCUT2D eigenvalue weighted by Gasteiger charge is 2.36. The lowest BCUT2D eigenvalue weighted by Crippen LogP contribution is -2.52. The predicted molar refractivity (Wildman–Crippen MR) is 120 cm³/mol. The van der Waals surface area contributed by atoms with Crippen molar-refractivity contribution in [2.45, 2.75) is 69.9 Å². The van der Waals surface area contributed by atoms with Crippen LogP contribution in [0.2, 0.25) is 10.0 Å². The second-order valence-electron chi connectivity index (χ2n) is 8.65. The molecule has 3 rings (SSSR count). The van der Waals surface area contributed by atoms with Gasteiger partial charge in [0.05, 0.1) is 22.2 Å². The fraction of sp³-hybridized carbons (Fsp3) is 0.591. The van der Waals surface area contributed by atoms with Gasteiger partial charge in [-0.05, 0) is 56.1 Å². The largest absolute Gasteiger partial charge is 0.480 e. The van der Waals surface area contributed by atoms with E-state index in [1.54, 1.807) is 6.07 Å². The maximum atomic E-state index is 12.4. The van der Waals surface area contributed by atoms with Gasteiger partial charge < -0.3 is 21.1 Å². The van der Waals surface area contributed by atoms with E-state index in [0.29, 0.717) is 5.41 Å². The minimum Gasteiger partial charge on any atom is -0.480 e. The van der Waals surface area contributed by atoms with Crippen molar-refractivity contribution in [2.24, 2.45) is 5.41 Å². The van der Waals surface area contributed by atoms with Gasteiger partial charge in [0, 0.05) is 6.04 Å². The predicted octanol–water partition coefficient (Wildman–Crippen LogP) is 4.37. The van der Waals surface area contributed by atoms with Gasteiger partial charge in [-0.1, -0.05) is 48.5 Å². The number of benzene rings is 1. The van der Waals surface area contributed by atoms with Crippen LogP contribution in [0.1, 0.15) is 68.1 Å². The second-order valence-corrected chi connectivity index (χ2v) is 9.46. The molecule has 0 unspecified atom stereocenters. The number of carboxylic acid groups (broad SMARTS) is 1. The molecule has 1 atom stereocenters. The minimum atomic E-state index is -1.32. The molecule has 1 aromatic carbocycles. The number of aliphatic carboxylic acids is 1. The number of halogens is 2. The zero-order valence-corrected chi connectivity index (χ0v) is 18.9. The first-order valence-corrected chi connectivity index (χ1v) is 11.6. The topological polar surface area (TPSA) is 108 Å². The number of amides is 3. The average molecular weight is 470 g/mol. The fourth-order valence-corrected chi connectivity index (χ4v) is 5.32. The number of urea groups is 1. The Kier molecular flexibility index (Phi) is 8.06. The highest BCUT2D eigenvalue weighted by molar-refractivity contribution is 6.39. The summed E-state index contributed by atoms with van der Waals surface area (Å²) in [6.45, 7) is -0.258. The molecule has 2 aliphatic carbocycles. The molecule has 170 valence electrons. The number of carboxylic acids is 1. The molecule has 0 bridgehead atoms. The standard InChI is InChI=1S/C22H29Cl2N3O4/c23-15-5-4-6-16(24)18(15)19(28)27-17(20(29)30)13-25-21(31)26-14-7-11-22(12-8-14)9-2-1-3-10-22/h4-6,14,17H,1-3,7-13H2,(H,27,28)(H,29,30)(H2,25,26,31)/t17-/m0/s1. The fourth-order valence-electron chi connectivity index (χ4n) is 4.75. The van der Waals surface area contributed by atoms with Gasteiger partial charge in [-0.3, -0.25) is 4.79 Å². The second kappa shape index (κ2) is 10.6. The molecule has 1 spiro atoms. The zero-order valence-electron chi connectivity index (χ0n) is 17.4. The van der Waals surface area contributed by atoms with Crippen LogP contribution in [0.4, 0.5) is 4.79 Å². The Morgan fingerprint density at radius 3 is 2.23 bits per heavy atom. The van der Waals surface area contributed by atoms with Crippen LogP contribution in [0.25, 0.3) is 0 Å². The van der Waals surface area contributed by atoms with Crippen LogP contribution in [0.15, 0.2) is 18.2 Å². The van der Waals surface area contributed by atoms with E-state index in [9.17, 15) is 19.5 Å². The normalized spacial score (nSPS) is 19.4. The molecule has 0 radical (unpaired) electrons. The van der Waals surface area contributed by atoms with E-state index in [1.165, 1.54) is 44.2 Å². The minimum absolute atomic E-state index is 0.000354. The van der Waals surface area contributed by atoms with Gasteiger partial charge in [0.25, 0.3) is 5.91 Å². The average Bonchev–Trinajstić information content (AvgIpc) is 2.73. The first-order valence-electron chi connectivity index (χ1n) is 10.8. The van der Waals surface area contributed by atoms with Crippen LogP contribution in [0, 0.1) is 5.41 Å². The first kappa shape index (κ1) is 23.7. The summed E-state index contributed by atoms with van der Waals surface area (Å²) >= 11 is 12.0. The van der Waals surface area contributed by atoms with E-state index in [-0.39, 0.29) is 28.2 Å². The summed E-state index contributed by atoms with van der Waals surface area (Å²) in [5.41, 5.74) is 0.464. The highest BCUT2D eigenvalue weighted by Crippen LogP contribution is 2.47. The SMILES string of the molecule is O=C(NC[C@H](NC(=O)c1c(Cl)cccc1Cl)C(=O)O)NC1CCC2(CCCCC2)CC1. The van der Waals surface area contributed by atoms with Gasteiger partial charge in [0.2, 0.25) is 0 Å². The van der Waals surface area contributed by atoms with E-state index >= 15 is 0 Å². The number of carbonyl (C=O) groups is 3. The maximum absolute atomic E-state index is 12.4. The highest BCUT2D eigenvalue weighted by atomic mass is 35.5. The number of nitrogens with one attached hydrogen (secondary N) is 3. The van der Waals surface area contributed by atoms with Crippen molar-refractivity contribution >= 4 is 41.1 Å². The van der Waals surface area contributed by atoms with Crippen LogP contribution < -0.4 is 16.0 Å². The molecular weight excluding hydrogens is 441 g/mol. The van der Waals surface area contributed by atoms with Crippen LogP contribution in [-0.2, 0) is 4.79 Å².